The molecular weight excluding hydrogens is 380 g/mol. The Hall–Kier alpha value is -2.71. The lowest BCUT2D eigenvalue weighted by molar-refractivity contribution is 0.122. The van der Waals surface area contributed by atoms with Crippen LogP contribution in [-0.2, 0) is 21.2 Å². The molecule has 2 heterocycles. The van der Waals surface area contributed by atoms with Gasteiger partial charge < -0.3 is 9.64 Å². The van der Waals surface area contributed by atoms with Gasteiger partial charge in [0.05, 0.1) is 19.0 Å². The van der Waals surface area contributed by atoms with Crippen molar-refractivity contribution in [3.63, 3.8) is 0 Å². The van der Waals surface area contributed by atoms with Crippen molar-refractivity contribution in [1.29, 1.82) is 5.26 Å². The van der Waals surface area contributed by atoms with Crippen LogP contribution in [0.15, 0.2) is 18.2 Å². The van der Waals surface area contributed by atoms with Crippen molar-refractivity contribution in [3.8, 4) is 6.07 Å². The SMILES string of the molecule is N#Cc1c(N2CCOCC2)n[nH]c1NS(=O)(=O)CCc1c(F)cccc1F. The van der Waals surface area contributed by atoms with Crippen molar-refractivity contribution < 1.29 is 21.9 Å². The Bertz CT molecular complexity index is 945. The molecule has 11 heteroatoms. The third-order valence-electron chi connectivity index (χ3n) is 4.11. The van der Waals surface area contributed by atoms with E-state index in [1.165, 1.54) is 6.07 Å². The monoisotopic (exact) mass is 397 g/mol. The van der Waals surface area contributed by atoms with Crippen LogP contribution in [0.2, 0.25) is 0 Å². The largest absolute Gasteiger partial charge is 0.378 e. The third kappa shape index (κ3) is 4.35. The van der Waals surface area contributed by atoms with E-state index in [0.29, 0.717) is 32.1 Å². The van der Waals surface area contributed by atoms with Gasteiger partial charge in [-0.25, -0.2) is 17.2 Å². The second-order valence-electron chi connectivity index (χ2n) is 5.88. The Labute approximate surface area is 154 Å². The number of aromatic nitrogens is 2. The highest BCUT2D eigenvalue weighted by Crippen LogP contribution is 2.25. The summed E-state index contributed by atoms with van der Waals surface area (Å²) in [5, 5.41) is 15.9. The Morgan fingerprint density at radius 3 is 2.59 bits per heavy atom. The molecule has 2 aromatic rings. The van der Waals surface area contributed by atoms with Crippen LogP contribution in [-0.4, -0.2) is 50.7 Å². The zero-order chi connectivity index (χ0) is 19.4. The highest BCUT2D eigenvalue weighted by Gasteiger charge is 2.24. The molecule has 3 rings (SSSR count). The van der Waals surface area contributed by atoms with Gasteiger partial charge in [0.15, 0.2) is 11.6 Å². The number of anilines is 2. The predicted octanol–water partition coefficient (Wildman–Crippen LogP) is 1.38. The average molecular weight is 397 g/mol. The molecule has 0 aliphatic carbocycles. The minimum atomic E-state index is -3.97. The van der Waals surface area contributed by atoms with Gasteiger partial charge in [-0.1, -0.05) is 6.07 Å². The van der Waals surface area contributed by atoms with Crippen molar-refractivity contribution in [2.75, 3.05) is 41.7 Å². The summed E-state index contributed by atoms with van der Waals surface area (Å²) in [6.07, 6.45) is -0.347. The summed E-state index contributed by atoms with van der Waals surface area (Å²) < 4.78 is 59.4. The number of morpholine rings is 1. The quantitative estimate of drug-likeness (QED) is 0.762. The highest BCUT2D eigenvalue weighted by molar-refractivity contribution is 7.92. The van der Waals surface area contributed by atoms with Crippen molar-refractivity contribution >= 4 is 21.7 Å². The molecule has 0 spiro atoms. The van der Waals surface area contributed by atoms with Crippen molar-refractivity contribution in [2.24, 2.45) is 0 Å². The Kier molecular flexibility index (Phi) is 5.57. The molecule has 1 aliphatic heterocycles. The number of rotatable bonds is 6. The van der Waals surface area contributed by atoms with E-state index in [4.69, 9.17) is 4.74 Å². The fraction of sp³-hybridized carbons (Fsp3) is 0.375. The van der Waals surface area contributed by atoms with Crippen LogP contribution in [0.3, 0.4) is 0 Å². The number of ether oxygens (including phenoxy) is 1. The van der Waals surface area contributed by atoms with Crippen LogP contribution in [0.25, 0.3) is 0 Å². The molecule has 0 atom stereocenters. The molecule has 1 aromatic carbocycles. The smallest absolute Gasteiger partial charge is 0.234 e. The Balaban J connectivity index is 1.74. The second-order valence-corrected chi connectivity index (χ2v) is 7.72. The molecule has 1 aromatic heterocycles. The first-order chi connectivity index (χ1) is 12.9. The molecule has 1 aliphatic rings. The highest BCUT2D eigenvalue weighted by atomic mass is 32.2. The van der Waals surface area contributed by atoms with Gasteiger partial charge in [-0.3, -0.25) is 9.82 Å². The van der Waals surface area contributed by atoms with Crippen LogP contribution in [0.4, 0.5) is 20.4 Å². The molecule has 0 amide bonds. The fourth-order valence-corrected chi connectivity index (χ4v) is 3.76. The summed E-state index contributed by atoms with van der Waals surface area (Å²) in [7, 11) is -3.97. The van der Waals surface area contributed by atoms with E-state index < -0.39 is 27.4 Å². The number of nitrogens with zero attached hydrogens (tertiary/aromatic N) is 3. The summed E-state index contributed by atoms with van der Waals surface area (Å²) in [5.41, 5.74) is -0.250. The molecule has 0 bridgehead atoms. The van der Waals surface area contributed by atoms with E-state index in [1.807, 2.05) is 11.0 Å². The van der Waals surface area contributed by atoms with E-state index in [-0.39, 0.29) is 23.4 Å². The number of benzene rings is 1. The predicted molar refractivity (Wildman–Crippen MR) is 93.8 cm³/mol. The minimum Gasteiger partial charge on any atom is -0.378 e. The lowest BCUT2D eigenvalue weighted by Gasteiger charge is -2.26. The number of nitriles is 1. The maximum atomic E-state index is 13.7. The number of aromatic amines is 1. The molecular formula is C16H17F2N5O3S. The Morgan fingerprint density at radius 1 is 1.30 bits per heavy atom. The van der Waals surface area contributed by atoms with Crippen molar-refractivity contribution in [3.05, 3.63) is 41.0 Å². The van der Waals surface area contributed by atoms with Gasteiger partial charge >= 0.3 is 0 Å². The van der Waals surface area contributed by atoms with Crippen molar-refractivity contribution in [2.45, 2.75) is 6.42 Å². The molecule has 8 nitrogen and oxygen atoms in total. The molecule has 1 saturated heterocycles. The first-order valence-electron chi connectivity index (χ1n) is 8.16. The molecule has 0 unspecified atom stereocenters. The number of hydrogen-bond acceptors (Lipinski definition) is 6. The van der Waals surface area contributed by atoms with Gasteiger partial charge in [-0.05, 0) is 18.6 Å². The first kappa shape index (κ1) is 19.1. The third-order valence-corrected chi connectivity index (χ3v) is 5.37. The van der Waals surface area contributed by atoms with Crippen LogP contribution in [0.5, 0.6) is 0 Å². The van der Waals surface area contributed by atoms with E-state index in [2.05, 4.69) is 14.9 Å². The standard InChI is InChI=1S/C16H17F2N5O3S/c17-13-2-1-3-14(18)11(13)4-9-27(24,25)22-15-12(10-19)16(21-20-15)23-5-7-26-8-6-23/h1-3H,4-9H2,(H2,20,21,22). The number of halogens is 2. The van der Waals surface area contributed by atoms with Crippen molar-refractivity contribution in [1.82, 2.24) is 10.2 Å². The van der Waals surface area contributed by atoms with E-state index in [1.54, 1.807) is 0 Å². The maximum Gasteiger partial charge on any atom is 0.234 e. The molecule has 1 fully saturated rings. The minimum absolute atomic E-state index is 0.0533. The van der Waals surface area contributed by atoms with E-state index in [9.17, 15) is 22.5 Å². The molecule has 0 saturated carbocycles. The van der Waals surface area contributed by atoms with Gasteiger partial charge in [-0.15, -0.1) is 0 Å². The van der Waals surface area contributed by atoms with Gasteiger partial charge in [0, 0.05) is 18.7 Å². The van der Waals surface area contributed by atoms with Crippen LogP contribution in [0.1, 0.15) is 11.1 Å². The second kappa shape index (κ2) is 7.89. The van der Waals surface area contributed by atoms with Crippen LogP contribution in [0, 0.1) is 23.0 Å². The van der Waals surface area contributed by atoms with Gasteiger partial charge in [0.2, 0.25) is 10.0 Å². The normalized spacial score (nSPS) is 14.8. The summed E-state index contributed by atoms with van der Waals surface area (Å²) >= 11 is 0. The first-order valence-corrected chi connectivity index (χ1v) is 9.81. The molecule has 0 radical (unpaired) electrons. The zero-order valence-electron chi connectivity index (χ0n) is 14.2. The summed E-state index contributed by atoms with van der Waals surface area (Å²) in [6, 6.07) is 5.27. The number of hydrogen-bond donors (Lipinski definition) is 2. The molecule has 2 N–H and O–H groups in total. The van der Waals surface area contributed by atoms with Crippen LogP contribution >= 0.6 is 0 Å². The topological polar surface area (TPSA) is 111 Å². The molecule has 27 heavy (non-hydrogen) atoms. The van der Waals surface area contributed by atoms with Gasteiger partial charge in [0.1, 0.15) is 23.3 Å². The lowest BCUT2D eigenvalue weighted by atomic mass is 10.1. The van der Waals surface area contributed by atoms with Crippen LogP contribution < -0.4 is 9.62 Å². The number of H-pyrrole nitrogens is 1. The average Bonchev–Trinajstić information content (AvgIpc) is 3.03. The van der Waals surface area contributed by atoms with Gasteiger partial charge in [-0.2, -0.15) is 10.4 Å². The summed E-state index contributed by atoms with van der Waals surface area (Å²) in [4.78, 5) is 1.81. The number of nitrogens with one attached hydrogen (secondary N) is 2. The lowest BCUT2D eigenvalue weighted by Crippen LogP contribution is -2.36. The molecule has 144 valence electrons. The Morgan fingerprint density at radius 2 is 1.96 bits per heavy atom. The summed E-state index contributed by atoms with van der Waals surface area (Å²) in [6.45, 7) is 2.01. The summed E-state index contributed by atoms with van der Waals surface area (Å²) in [5.74, 6) is -1.91. The van der Waals surface area contributed by atoms with E-state index in [0.717, 1.165) is 12.1 Å². The maximum absolute atomic E-state index is 13.7. The van der Waals surface area contributed by atoms with E-state index >= 15 is 0 Å². The fourth-order valence-electron chi connectivity index (χ4n) is 2.73. The zero-order valence-corrected chi connectivity index (χ0v) is 15.0. The van der Waals surface area contributed by atoms with Gasteiger partial charge in [0.25, 0.3) is 0 Å². The number of sulfonamides is 1.